The van der Waals surface area contributed by atoms with Gasteiger partial charge in [-0.1, -0.05) is 164 Å². The topological polar surface area (TPSA) is 17.4 Å². The van der Waals surface area contributed by atoms with Gasteiger partial charge in [0, 0.05) is 37.0 Å². The normalized spacial score (nSPS) is 13.5. The van der Waals surface area contributed by atoms with Crippen molar-refractivity contribution in [3.63, 3.8) is 0 Å². The van der Waals surface area contributed by atoms with Crippen molar-refractivity contribution in [1.29, 1.82) is 0 Å². The van der Waals surface area contributed by atoms with Crippen LogP contribution in [0.4, 0.5) is 17.1 Å². The van der Waals surface area contributed by atoms with E-state index in [2.05, 4.69) is 217 Å². The molecule has 2 aliphatic heterocycles. The largest absolute Gasteiger partial charge is 0.455 e. The van der Waals surface area contributed by atoms with E-state index in [0.717, 1.165) is 39.8 Å². The van der Waals surface area contributed by atoms with E-state index in [9.17, 15) is 0 Å². The van der Waals surface area contributed by atoms with E-state index in [0.29, 0.717) is 0 Å². The SMILES string of the molecule is C[Si]1(C)c2ccccc2Oc2c(N(c3ccc4c(c3)c(-c3ccccc3)c(-c3ccccc3)n4-c3ccccc3)c3cccc4c3Sc3ccccc3S4)cccc21. The number of benzene rings is 8. The molecule has 0 N–H and O–H groups in total. The fraction of sp³-hybridized carbons (Fsp3) is 0.0385. The third-order valence-corrected chi connectivity index (χ3v) is 17.6. The highest BCUT2D eigenvalue weighted by Gasteiger charge is 2.39. The van der Waals surface area contributed by atoms with Crippen molar-refractivity contribution >= 4 is 69.9 Å². The van der Waals surface area contributed by atoms with E-state index in [1.54, 1.807) is 0 Å². The molecule has 58 heavy (non-hydrogen) atoms. The minimum Gasteiger partial charge on any atom is -0.455 e. The minimum absolute atomic E-state index is 0.944. The monoisotopic (exact) mass is 798 g/mol. The molecule has 0 fully saturated rings. The van der Waals surface area contributed by atoms with Gasteiger partial charge in [-0.2, -0.15) is 0 Å². The van der Waals surface area contributed by atoms with Crippen molar-refractivity contribution in [1.82, 2.24) is 4.57 Å². The lowest BCUT2D eigenvalue weighted by atomic mass is 9.98. The molecule has 0 spiro atoms. The highest BCUT2D eigenvalue weighted by atomic mass is 32.2. The van der Waals surface area contributed by atoms with Crippen LogP contribution in [0.1, 0.15) is 0 Å². The molecule has 6 heteroatoms. The summed E-state index contributed by atoms with van der Waals surface area (Å²) >= 11 is 3.71. The molecular formula is C52H38N2OS2Si. The molecule has 0 saturated heterocycles. The molecular weight excluding hydrogens is 761 g/mol. The van der Waals surface area contributed by atoms with Crippen LogP contribution in [0.3, 0.4) is 0 Å². The Morgan fingerprint density at radius 3 is 1.90 bits per heavy atom. The Balaban J connectivity index is 1.22. The number of aromatic nitrogens is 1. The smallest absolute Gasteiger partial charge is 0.151 e. The predicted molar refractivity (Wildman–Crippen MR) is 247 cm³/mol. The van der Waals surface area contributed by atoms with Crippen LogP contribution in [0.25, 0.3) is 39.0 Å². The average molecular weight is 799 g/mol. The Bertz CT molecular complexity index is 3020. The van der Waals surface area contributed by atoms with Crippen LogP contribution in [-0.2, 0) is 0 Å². The second-order valence-corrected chi connectivity index (χ2v) is 21.8. The van der Waals surface area contributed by atoms with E-state index in [-0.39, 0.29) is 0 Å². The molecule has 8 aromatic carbocycles. The predicted octanol–water partition coefficient (Wildman–Crippen LogP) is 14.0. The summed E-state index contributed by atoms with van der Waals surface area (Å²) in [5.41, 5.74) is 10.2. The zero-order chi connectivity index (χ0) is 38.8. The summed E-state index contributed by atoms with van der Waals surface area (Å²) < 4.78 is 9.50. The molecule has 3 heterocycles. The van der Waals surface area contributed by atoms with E-state index < -0.39 is 8.07 Å². The lowest BCUT2D eigenvalue weighted by Gasteiger charge is -2.37. The molecule has 0 atom stereocenters. The fourth-order valence-corrected chi connectivity index (χ4v) is 14.0. The van der Waals surface area contributed by atoms with Crippen LogP contribution in [0, 0.1) is 0 Å². The first-order chi connectivity index (χ1) is 28.5. The van der Waals surface area contributed by atoms with E-state index in [4.69, 9.17) is 4.74 Å². The van der Waals surface area contributed by atoms with Crippen LogP contribution in [0.5, 0.6) is 11.5 Å². The van der Waals surface area contributed by atoms with Gasteiger partial charge < -0.3 is 14.2 Å². The summed E-state index contributed by atoms with van der Waals surface area (Å²) in [5.74, 6) is 1.90. The maximum Gasteiger partial charge on any atom is 0.151 e. The number of fused-ring (bicyclic) bond motifs is 5. The summed E-state index contributed by atoms with van der Waals surface area (Å²) in [6.07, 6.45) is 0. The highest BCUT2D eigenvalue weighted by Crippen LogP contribution is 2.55. The minimum atomic E-state index is -2.13. The molecule has 1 aromatic heterocycles. The zero-order valence-corrected chi connectivity index (χ0v) is 34.7. The molecule has 2 aliphatic rings. The highest BCUT2D eigenvalue weighted by molar-refractivity contribution is 8.05. The second kappa shape index (κ2) is 14.0. The Morgan fingerprint density at radius 1 is 0.517 bits per heavy atom. The van der Waals surface area contributed by atoms with Crippen LogP contribution < -0.4 is 20.0 Å². The molecule has 3 nitrogen and oxygen atoms in total. The number of ether oxygens (including phenoxy) is 1. The molecule has 278 valence electrons. The first-order valence-electron chi connectivity index (χ1n) is 19.7. The van der Waals surface area contributed by atoms with Crippen LogP contribution in [0.2, 0.25) is 13.1 Å². The summed E-state index contributed by atoms with van der Waals surface area (Å²) in [6, 6.07) is 70.4. The van der Waals surface area contributed by atoms with Gasteiger partial charge in [-0.05, 0) is 88.2 Å². The number of nitrogens with zero attached hydrogens (tertiary/aromatic N) is 2. The van der Waals surface area contributed by atoms with Gasteiger partial charge in [0.1, 0.15) is 13.8 Å². The van der Waals surface area contributed by atoms with Crippen LogP contribution in [-0.4, -0.2) is 12.6 Å². The Kier molecular flexibility index (Phi) is 8.47. The number of para-hydroxylation sites is 3. The molecule has 0 radical (unpaired) electrons. The lowest BCUT2D eigenvalue weighted by Crippen LogP contribution is -2.56. The van der Waals surface area contributed by atoms with E-state index in [1.165, 1.54) is 57.7 Å². The molecule has 0 saturated carbocycles. The maximum absolute atomic E-state index is 7.06. The van der Waals surface area contributed by atoms with E-state index >= 15 is 0 Å². The van der Waals surface area contributed by atoms with Crippen molar-refractivity contribution in [2.75, 3.05) is 4.90 Å². The van der Waals surface area contributed by atoms with Gasteiger partial charge >= 0.3 is 0 Å². The number of hydrogen-bond donors (Lipinski definition) is 0. The molecule has 0 unspecified atom stereocenters. The van der Waals surface area contributed by atoms with Gasteiger partial charge in [0.05, 0.1) is 27.5 Å². The summed E-state index contributed by atoms with van der Waals surface area (Å²) in [7, 11) is -2.13. The van der Waals surface area contributed by atoms with Crippen molar-refractivity contribution < 1.29 is 4.74 Å². The van der Waals surface area contributed by atoms with Gasteiger partial charge in [-0.25, -0.2) is 0 Å². The van der Waals surface area contributed by atoms with Crippen molar-refractivity contribution in [2.24, 2.45) is 0 Å². The quantitative estimate of drug-likeness (QED) is 0.156. The summed E-state index contributed by atoms with van der Waals surface area (Å²) in [6.45, 7) is 4.90. The first-order valence-corrected chi connectivity index (χ1v) is 24.3. The standard InChI is InChI=1S/C52H38N2OS2Si/c1-58(2)47-30-15-12-26-43(47)55-51-41(24-17-31-48(51)58)53(42-25-16-29-46-52(42)57-45-28-14-13-27-44(45)56-46)38-32-33-40-39(34-38)49(35-18-6-3-7-19-35)50(36-20-8-4-9-21-36)54(40)37-22-10-5-11-23-37/h3-34H,1-2H3. The first kappa shape index (κ1) is 35.0. The van der Waals surface area contributed by atoms with Gasteiger partial charge in [0.2, 0.25) is 0 Å². The molecule has 11 rings (SSSR count). The lowest BCUT2D eigenvalue weighted by molar-refractivity contribution is 0.487. The summed E-state index contributed by atoms with van der Waals surface area (Å²) in [5, 5.41) is 3.81. The Labute approximate surface area is 348 Å². The van der Waals surface area contributed by atoms with Gasteiger partial charge in [0.25, 0.3) is 0 Å². The number of rotatable bonds is 6. The van der Waals surface area contributed by atoms with Crippen LogP contribution in [0.15, 0.2) is 214 Å². The summed E-state index contributed by atoms with van der Waals surface area (Å²) in [4.78, 5) is 7.53. The molecule has 0 aliphatic carbocycles. The Hall–Kier alpha value is -6.18. The molecule has 0 amide bonds. The van der Waals surface area contributed by atoms with E-state index in [1.807, 2.05) is 23.5 Å². The van der Waals surface area contributed by atoms with Gasteiger partial charge in [-0.15, -0.1) is 0 Å². The van der Waals surface area contributed by atoms with Crippen molar-refractivity contribution in [3.8, 4) is 39.6 Å². The van der Waals surface area contributed by atoms with Gasteiger partial charge in [-0.3, -0.25) is 0 Å². The van der Waals surface area contributed by atoms with Crippen molar-refractivity contribution in [2.45, 2.75) is 32.7 Å². The number of hydrogen-bond acceptors (Lipinski definition) is 4. The zero-order valence-electron chi connectivity index (χ0n) is 32.1. The van der Waals surface area contributed by atoms with Gasteiger partial charge in [0.15, 0.2) is 5.75 Å². The molecule has 9 aromatic rings. The number of anilines is 3. The average Bonchev–Trinajstić information content (AvgIpc) is 3.62. The third-order valence-electron chi connectivity index (χ3n) is 11.5. The maximum atomic E-state index is 7.06. The molecule has 0 bridgehead atoms. The fourth-order valence-electron chi connectivity index (χ4n) is 8.78. The van der Waals surface area contributed by atoms with Crippen molar-refractivity contribution in [3.05, 3.63) is 194 Å². The second-order valence-electron chi connectivity index (χ2n) is 15.3. The van der Waals surface area contributed by atoms with Crippen LogP contribution >= 0.6 is 23.5 Å². The Morgan fingerprint density at radius 2 is 1.12 bits per heavy atom. The third kappa shape index (κ3) is 5.66.